The molecule has 2 aliphatic heterocycles. The normalized spacial score (nSPS) is 20.8. The number of benzene rings is 1. The summed E-state index contributed by atoms with van der Waals surface area (Å²) >= 11 is 0. The van der Waals surface area contributed by atoms with Gasteiger partial charge in [0.15, 0.2) is 22.5 Å². The molecule has 1 fully saturated rings. The zero-order valence-electron chi connectivity index (χ0n) is 17.1. The molecule has 0 spiro atoms. The molecular formula is C20H26N2O7S. The van der Waals surface area contributed by atoms with Crippen LogP contribution in [0.4, 0.5) is 5.69 Å². The lowest BCUT2D eigenvalue weighted by molar-refractivity contribution is -0.159. The average Bonchev–Trinajstić information content (AvgIpc) is 3.07. The molecular weight excluding hydrogens is 412 g/mol. The van der Waals surface area contributed by atoms with E-state index in [1.54, 1.807) is 31.2 Å². The van der Waals surface area contributed by atoms with E-state index < -0.39 is 33.9 Å². The van der Waals surface area contributed by atoms with Gasteiger partial charge in [-0.05, 0) is 32.4 Å². The van der Waals surface area contributed by atoms with Gasteiger partial charge in [0, 0.05) is 19.1 Å². The van der Waals surface area contributed by atoms with Crippen molar-refractivity contribution in [3.63, 3.8) is 0 Å². The van der Waals surface area contributed by atoms with Crippen molar-refractivity contribution >= 4 is 33.3 Å². The van der Waals surface area contributed by atoms with Gasteiger partial charge in [-0.1, -0.05) is 12.1 Å². The Morgan fingerprint density at radius 3 is 2.73 bits per heavy atom. The van der Waals surface area contributed by atoms with E-state index in [0.717, 1.165) is 0 Å². The highest BCUT2D eigenvalue weighted by atomic mass is 32.2. The fourth-order valence-corrected chi connectivity index (χ4v) is 5.49. The molecule has 2 amide bonds. The molecule has 0 aliphatic carbocycles. The summed E-state index contributed by atoms with van der Waals surface area (Å²) in [5.74, 6) is -0.719. The third-order valence-electron chi connectivity index (χ3n) is 5.28. The van der Waals surface area contributed by atoms with Crippen molar-refractivity contribution in [2.75, 3.05) is 36.1 Å². The Morgan fingerprint density at radius 1 is 1.33 bits per heavy atom. The van der Waals surface area contributed by atoms with E-state index in [1.165, 1.54) is 16.7 Å². The van der Waals surface area contributed by atoms with Crippen LogP contribution in [-0.4, -0.2) is 74.4 Å². The number of ether oxygens (including phenoxy) is 2. The SMILES string of the molecule is CCN(C(=O)[C@H](C)OC(=O)CCN1C(=O)COc2ccccc21)[C@H]1CCS(=O)(=O)C1. The largest absolute Gasteiger partial charge is 0.482 e. The Morgan fingerprint density at radius 2 is 2.07 bits per heavy atom. The number of rotatable bonds is 7. The molecule has 2 heterocycles. The van der Waals surface area contributed by atoms with Gasteiger partial charge in [-0.25, -0.2) is 8.42 Å². The van der Waals surface area contributed by atoms with Crippen LogP contribution in [0, 0.1) is 0 Å². The molecule has 0 unspecified atom stereocenters. The molecule has 0 N–H and O–H groups in total. The van der Waals surface area contributed by atoms with Crippen molar-refractivity contribution in [1.82, 2.24) is 4.90 Å². The molecule has 1 aromatic rings. The van der Waals surface area contributed by atoms with Crippen molar-refractivity contribution in [3.8, 4) is 5.75 Å². The number of amides is 2. The number of fused-ring (bicyclic) bond motifs is 1. The minimum absolute atomic E-state index is 0.0602. The molecule has 2 atom stereocenters. The van der Waals surface area contributed by atoms with Crippen LogP contribution in [0.2, 0.25) is 0 Å². The zero-order chi connectivity index (χ0) is 21.9. The Labute approximate surface area is 175 Å². The summed E-state index contributed by atoms with van der Waals surface area (Å²) in [6.45, 7) is 3.58. The monoisotopic (exact) mass is 438 g/mol. The van der Waals surface area contributed by atoms with Crippen LogP contribution in [0.25, 0.3) is 0 Å². The first-order chi connectivity index (χ1) is 14.2. The quantitative estimate of drug-likeness (QED) is 0.578. The second kappa shape index (κ2) is 9.03. The number of likely N-dealkylation sites (N-methyl/N-ethyl adjacent to an activating group) is 1. The Balaban J connectivity index is 1.55. The molecule has 0 bridgehead atoms. The van der Waals surface area contributed by atoms with E-state index in [2.05, 4.69) is 0 Å². The summed E-state index contributed by atoms with van der Waals surface area (Å²) in [7, 11) is -3.13. The van der Waals surface area contributed by atoms with E-state index in [-0.39, 0.29) is 37.0 Å². The third-order valence-corrected chi connectivity index (χ3v) is 7.03. The zero-order valence-corrected chi connectivity index (χ0v) is 17.9. The van der Waals surface area contributed by atoms with Crippen molar-refractivity contribution < 1.29 is 32.3 Å². The van der Waals surface area contributed by atoms with Crippen LogP contribution in [-0.2, 0) is 29.0 Å². The van der Waals surface area contributed by atoms with Crippen molar-refractivity contribution in [3.05, 3.63) is 24.3 Å². The highest BCUT2D eigenvalue weighted by molar-refractivity contribution is 7.91. The van der Waals surface area contributed by atoms with Crippen LogP contribution in [0.1, 0.15) is 26.7 Å². The second-order valence-electron chi connectivity index (χ2n) is 7.36. The molecule has 1 saturated heterocycles. The van der Waals surface area contributed by atoms with E-state index in [0.29, 0.717) is 24.4 Å². The molecule has 2 aliphatic rings. The molecule has 10 heteroatoms. The molecule has 164 valence electrons. The maximum atomic E-state index is 12.7. The molecule has 9 nitrogen and oxygen atoms in total. The van der Waals surface area contributed by atoms with Gasteiger partial charge in [0.2, 0.25) is 0 Å². The number of hydrogen-bond donors (Lipinski definition) is 0. The predicted octanol–water partition coefficient (Wildman–Crippen LogP) is 0.769. The molecule has 3 rings (SSSR count). The lowest BCUT2D eigenvalue weighted by atomic mass is 10.2. The minimum atomic E-state index is -3.13. The first kappa shape index (κ1) is 22.1. The molecule has 0 aromatic heterocycles. The number of carbonyl (C=O) groups is 3. The van der Waals surface area contributed by atoms with E-state index in [4.69, 9.17) is 9.47 Å². The average molecular weight is 439 g/mol. The van der Waals surface area contributed by atoms with E-state index in [1.807, 2.05) is 0 Å². The first-order valence-corrected chi connectivity index (χ1v) is 11.8. The lowest BCUT2D eigenvalue weighted by Crippen LogP contribution is -2.46. The van der Waals surface area contributed by atoms with Gasteiger partial charge in [0.05, 0.1) is 23.6 Å². The third kappa shape index (κ3) is 4.92. The number of anilines is 1. The second-order valence-corrected chi connectivity index (χ2v) is 9.59. The number of carbonyl (C=O) groups excluding carboxylic acids is 3. The summed E-state index contributed by atoms with van der Waals surface area (Å²) in [6.07, 6.45) is -0.726. The number of esters is 1. The topological polar surface area (TPSA) is 110 Å². The minimum Gasteiger partial charge on any atom is -0.482 e. The van der Waals surface area contributed by atoms with Crippen LogP contribution in [0.5, 0.6) is 5.75 Å². The van der Waals surface area contributed by atoms with Crippen LogP contribution < -0.4 is 9.64 Å². The van der Waals surface area contributed by atoms with Crippen LogP contribution >= 0.6 is 0 Å². The highest BCUT2D eigenvalue weighted by Gasteiger charge is 2.36. The van der Waals surface area contributed by atoms with Gasteiger partial charge in [-0.15, -0.1) is 0 Å². The van der Waals surface area contributed by atoms with Crippen LogP contribution in [0.3, 0.4) is 0 Å². The fraction of sp³-hybridized carbons (Fsp3) is 0.550. The number of para-hydroxylation sites is 2. The molecule has 30 heavy (non-hydrogen) atoms. The smallest absolute Gasteiger partial charge is 0.308 e. The van der Waals surface area contributed by atoms with Crippen molar-refractivity contribution in [2.24, 2.45) is 0 Å². The summed E-state index contributed by atoms with van der Waals surface area (Å²) in [5, 5.41) is 0. The van der Waals surface area contributed by atoms with Gasteiger partial charge in [-0.2, -0.15) is 0 Å². The summed E-state index contributed by atoms with van der Waals surface area (Å²) in [4.78, 5) is 40.1. The van der Waals surface area contributed by atoms with Gasteiger partial charge in [-0.3, -0.25) is 14.4 Å². The number of hydrogen-bond acceptors (Lipinski definition) is 7. The fourth-order valence-electron chi connectivity index (χ4n) is 3.76. The van der Waals surface area contributed by atoms with Crippen molar-refractivity contribution in [2.45, 2.75) is 38.8 Å². The number of sulfone groups is 1. The number of nitrogens with zero attached hydrogens (tertiary/aromatic N) is 2. The Bertz CT molecular complexity index is 931. The molecule has 1 aromatic carbocycles. The summed E-state index contributed by atoms with van der Waals surface area (Å²) < 4.78 is 34.1. The predicted molar refractivity (Wildman–Crippen MR) is 109 cm³/mol. The Hall–Kier alpha value is -2.62. The van der Waals surface area contributed by atoms with E-state index in [9.17, 15) is 22.8 Å². The lowest BCUT2D eigenvalue weighted by Gasteiger charge is -2.30. The summed E-state index contributed by atoms with van der Waals surface area (Å²) in [6, 6.07) is 6.66. The maximum Gasteiger partial charge on any atom is 0.308 e. The van der Waals surface area contributed by atoms with Gasteiger partial charge in [0.1, 0.15) is 5.75 Å². The highest BCUT2D eigenvalue weighted by Crippen LogP contribution is 2.31. The van der Waals surface area contributed by atoms with Gasteiger partial charge < -0.3 is 19.3 Å². The first-order valence-electron chi connectivity index (χ1n) is 9.94. The van der Waals surface area contributed by atoms with Gasteiger partial charge >= 0.3 is 5.97 Å². The molecule has 0 saturated carbocycles. The van der Waals surface area contributed by atoms with Crippen molar-refractivity contribution in [1.29, 1.82) is 0 Å². The van der Waals surface area contributed by atoms with Crippen LogP contribution in [0.15, 0.2) is 24.3 Å². The molecule has 0 radical (unpaired) electrons. The standard InChI is InChI=1S/C20H26N2O7S/c1-3-21(15-9-11-30(26,27)13-15)20(25)14(2)29-19(24)8-10-22-16-6-4-5-7-17(16)28-12-18(22)23/h4-7,14-15H,3,8-13H2,1-2H3/t14-,15-/m0/s1. The summed E-state index contributed by atoms with van der Waals surface area (Å²) in [5.41, 5.74) is 0.588. The van der Waals surface area contributed by atoms with Gasteiger partial charge in [0.25, 0.3) is 11.8 Å². The van der Waals surface area contributed by atoms with E-state index >= 15 is 0 Å². The Kier molecular flexibility index (Phi) is 6.64. The maximum absolute atomic E-state index is 12.7.